The number of aryl methyl sites for hydroxylation is 1. The fraction of sp³-hybridized carbons (Fsp3) is 0.182. The van der Waals surface area contributed by atoms with Crippen LogP contribution in [0.2, 0.25) is 0 Å². The third kappa shape index (κ3) is 4.79. The van der Waals surface area contributed by atoms with Gasteiger partial charge < -0.3 is 20.1 Å². The van der Waals surface area contributed by atoms with Crippen molar-refractivity contribution in [3.05, 3.63) is 77.5 Å². The van der Waals surface area contributed by atoms with Crippen molar-refractivity contribution in [2.24, 2.45) is 0 Å². The molecule has 0 spiro atoms. The molecular formula is C22H23N3O3. The van der Waals surface area contributed by atoms with Gasteiger partial charge in [-0.3, -0.25) is 4.79 Å². The minimum atomic E-state index is -0.247. The van der Waals surface area contributed by atoms with Gasteiger partial charge in [0.1, 0.15) is 5.82 Å². The molecule has 1 aromatic heterocycles. The second kappa shape index (κ2) is 8.90. The molecule has 144 valence electrons. The summed E-state index contributed by atoms with van der Waals surface area (Å²) < 4.78 is 10.4. The van der Waals surface area contributed by atoms with E-state index >= 15 is 0 Å². The van der Waals surface area contributed by atoms with Gasteiger partial charge in [0, 0.05) is 12.1 Å². The SMILES string of the molecule is COc1ccc(C(=O)Nc2ccc(NCc3ccc(C)cc3)nc2)cc1OC. The van der Waals surface area contributed by atoms with Gasteiger partial charge in [-0.2, -0.15) is 0 Å². The summed E-state index contributed by atoms with van der Waals surface area (Å²) in [6.45, 7) is 2.75. The van der Waals surface area contributed by atoms with Crippen LogP contribution in [0.1, 0.15) is 21.5 Å². The Hall–Kier alpha value is -3.54. The maximum atomic E-state index is 12.5. The highest BCUT2D eigenvalue weighted by Crippen LogP contribution is 2.27. The molecule has 0 aliphatic rings. The standard InChI is InChI=1S/C22H23N3O3/c1-15-4-6-16(7-5-15)13-23-21-11-9-18(14-24-21)25-22(26)17-8-10-19(27-2)20(12-17)28-3/h4-12,14H,13H2,1-3H3,(H,23,24)(H,25,26). The normalized spacial score (nSPS) is 10.2. The molecule has 2 aromatic carbocycles. The minimum absolute atomic E-state index is 0.247. The Bertz CT molecular complexity index is 938. The molecule has 3 rings (SSSR count). The lowest BCUT2D eigenvalue weighted by atomic mass is 10.1. The topological polar surface area (TPSA) is 72.5 Å². The molecule has 1 amide bonds. The molecule has 0 saturated carbocycles. The summed E-state index contributed by atoms with van der Waals surface area (Å²) in [5, 5.41) is 6.09. The van der Waals surface area contributed by atoms with Crippen molar-refractivity contribution in [3.8, 4) is 11.5 Å². The van der Waals surface area contributed by atoms with Crippen molar-refractivity contribution in [3.63, 3.8) is 0 Å². The van der Waals surface area contributed by atoms with E-state index in [0.717, 1.165) is 5.82 Å². The van der Waals surface area contributed by atoms with E-state index in [9.17, 15) is 4.79 Å². The van der Waals surface area contributed by atoms with Crippen LogP contribution >= 0.6 is 0 Å². The van der Waals surface area contributed by atoms with Gasteiger partial charge in [0.05, 0.1) is 26.1 Å². The second-order valence-corrected chi connectivity index (χ2v) is 6.30. The van der Waals surface area contributed by atoms with Gasteiger partial charge in [0.25, 0.3) is 5.91 Å². The van der Waals surface area contributed by atoms with E-state index in [0.29, 0.717) is 29.3 Å². The molecule has 0 unspecified atom stereocenters. The number of nitrogens with zero attached hydrogens (tertiary/aromatic N) is 1. The first kappa shape index (κ1) is 19.2. The van der Waals surface area contributed by atoms with Crippen molar-refractivity contribution >= 4 is 17.4 Å². The van der Waals surface area contributed by atoms with Gasteiger partial charge in [-0.1, -0.05) is 29.8 Å². The maximum Gasteiger partial charge on any atom is 0.255 e. The molecule has 0 fully saturated rings. The number of aromatic nitrogens is 1. The highest BCUT2D eigenvalue weighted by Gasteiger charge is 2.11. The number of methoxy groups -OCH3 is 2. The average Bonchev–Trinajstić information content (AvgIpc) is 2.73. The first-order chi connectivity index (χ1) is 13.6. The largest absolute Gasteiger partial charge is 0.493 e. The molecule has 6 heteroatoms. The van der Waals surface area contributed by atoms with Crippen LogP contribution in [-0.2, 0) is 6.54 Å². The molecule has 28 heavy (non-hydrogen) atoms. The van der Waals surface area contributed by atoms with Crippen molar-refractivity contribution < 1.29 is 14.3 Å². The molecule has 0 aliphatic carbocycles. The number of pyridine rings is 1. The number of ether oxygens (including phenoxy) is 2. The van der Waals surface area contributed by atoms with E-state index in [1.807, 2.05) is 12.1 Å². The predicted octanol–water partition coefficient (Wildman–Crippen LogP) is 4.27. The van der Waals surface area contributed by atoms with E-state index in [2.05, 4.69) is 46.8 Å². The van der Waals surface area contributed by atoms with Crippen LogP contribution in [0.15, 0.2) is 60.8 Å². The Morgan fingerprint density at radius 3 is 2.36 bits per heavy atom. The van der Waals surface area contributed by atoms with Gasteiger partial charge in [0.2, 0.25) is 0 Å². The Morgan fingerprint density at radius 2 is 1.71 bits per heavy atom. The van der Waals surface area contributed by atoms with Crippen LogP contribution in [0.4, 0.5) is 11.5 Å². The van der Waals surface area contributed by atoms with Crippen molar-refractivity contribution in [2.45, 2.75) is 13.5 Å². The van der Waals surface area contributed by atoms with E-state index < -0.39 is 0 Å². The van der Waals surface area contributed by atoms with Crippen LogP contribution in [0.3, 0.4) is 0 Å². The Labute approximate surface area is 164 Å². The Balaban J connectivity index is 1.60. The third-order valence-electron chi connectivity index (χ3n) is 4.26. The summed E-state index contributed by atoms with van der Waals surface area (Å²) in [7, 11) is 3.09. The minimum Gasteiger partial charge on any atom is -0.493 e. The number of nitrogens with one attached hydrogen (secondary N) is 2. The summed E-state index contributed by atoms with van der Waals surface area (Å²) in [4.78, 5) is 16.8. The average molecular weight is 377 g/mol. The van der Waals surface area contributed by atoms with Gasteiger partial charge in [0.15, 0.2) is 11.5 Å². The number of amides is 1. The molecule has 0 atom stereocenters. The molecule has 0 saturated heterocycles. The maximum absolute atomic E-state index is 12.5. The van der Waals surface area contributed by atoms with E-state index in [1.54, 1.807) is 31.5 Å². The molecule has 0 aliphatic heterocycles. The highest BCUT2D eigenvalue weighted by atomic mass is 16.5. The fourth-order valence-corrected chi connectivity index (χ4v) is 2.65. The van der Waals surface area contributed by atoms with Crippen LogP contribution in [0.25, 0.3) is 0 Å². The monoisotopic (exact) mass is 377 g/mol. The molecule has 1 heterocycles. The van der Waals surface area contributed by atoms with Crippen molar-refractivity contribution in [1.29, 1.82) is 0 Å². The first-order valence-electron chi connectivity index (χ1n) is 8.88. The summed E-state index contributed by atoms with van der Waals surface area (Å²) in [6.07, 6.45) is 1.62. The molecule has 2 N–H and O–H groups in total. The molecule has 3 aromatic rings. The van der Waals surface area contributed by atoms with Crippen LogP contribution < -0.4 is 20.1 Å². The zero-order chi connectivity index (χ0) is 19.9. The fourth-order valence-electron chi connectivity index (χ4n) is 2.65. The number of hydrogen-bond donors (Lipinski definition) is 2. The lowest BCUT2D eigenvalue weighted by Gasteiger charge is -2.10. The summed E-state index contributed by atoms with van der Waals surface area (Å²) in [5.74, 6) is 1.57. The molecule has 0 radical (unpaired) electrons. The Kier molecular flexibility index (Phi) is 6.11. The van der Waals surface area contributed by atoms with Crippen molar-refractivity contribution in [1.82, 2.24) is 4.98 Å². The number of benzene rings is 2. The van der Waals surface area contributed by atoms with Gasteiger partial charge in [-0.15, -0.1) is 0 Å². The van der Waals surface area contributed by atoms with E-state index in [1.165, 1.54) is 18.2 Å². The van der Waals surface area contributed by atoms with E-state index in [-0.39, 0.29) is 5.91 Å². The quantitative estimate of drug-likeness (QED) is 0.643. The lowest BCUT2D eigenvalue weighted by Crippen LogP contribution is -2.12. The van der Waals surface area contributed by atoms with Gasteiger partial charge >= 0.3 is 0 Å². The zero-order valence-electron chi connectivity index (χ0n) is 16.2. The van der Waals surface area contributed by atoms with Crippen LogP contribution in [0.5, 0.6) is 11.5 Å². The van der Waals surface area contributed by atoms with Gasteiger partial charge in [-0.05, 0) is 42.8 Å². The number of anilines is 2. The second-order valence-electron chi connectivity index (χ2n) is 6.30. The lowest BCUT2D eigenvalue weighted by molar-refractivity contribution is 0.102. The molecule has 0 bridgehead atoms. The van der Waals surface area contributed by atoms with E-state index in [4.69, 9.17) is 9.47 Å². The van der Waals surface area contributed by atoms with Crippen LogP contribution in [0, 0.1) is 6.92 Å². The summed E-state index contributed by atoms with van der Waals surface area (Å²) in [6, 6.07) is 17.0. The summed E-state index contributed by atoms with van der Waals surface area (Å²) >= 11 is 0. The predicted molar refractivity (Wildman–Crippen MR) is 110 cm³/mol. The number of carbonyl (C=O) groups excluding carboxylic acids is 1. The Morgan fingerprint density at radius 1 is 0.964 bits per heavy atom. The number of rotatable bonds is 7. The number of carbonyl (C=O) groups is 1. The van der Waals surface area contributed by atoms with Crippen LogP contribution in [-0.4, -0.2) is 25.1 Å². The van der Waals surface area contributed by atoms with Crippen molar-refractivity contribution in [2.75, 3.05) is 24.9 Å². The molecular weight excluding hydrogens is 354 g/mol. The van der Waals surface area contributed by atoms with Gasteiger partial charge in [-0.25, -0.2) is 4.98 Å². The summed E-state index contributed by atoms with van der Waals surface area (Å²) in [5.41, 5.74) is 3.49. The highest BCUT2D eigenvalue weighted by molar-refractivity contribution is 6.04. The first-order valence-corrected chi connectivity index (χ1v) is 8.88. The smallest absolute Gasteiger partial charge is 0.255 e. The number of hydrogen-bond acceptors (Lipinski definition) is 5. The molecule has 6 nitrogen and oxygen atoms in total. The third-order valence-corrected chi connectivity index (χ3v) is 4.26. The zero-order valence-corrected chi connectivity index (χ0v) is 16.2.